The Hall–Kier alpha value is -1.79. The van der Waals surface area contributed by atoms with Crippen LogP contribution in [0.2, 0.25) is 0 Å². The molecule has 1 atom stereocenters. The van der Waals surface area contributed by atoms with Crippen molar-refractivity contribution in [3.63, 3.8) is 0 Å². The molecule has 1 aliphatic heterocycles. The molecule has 0 radical (unpaired) electrons. The SMILES string of the molecule is CCNC(=NCC(O)c1cccc(OC)c1)NCCCN1CCC(C)CC1. The molecule has 1 unspecified atom stereocenters. The van der Waals surface area contributed by atoms with Crippen LogP contribution in [-0.2, 0) is 0 Å². The number of aliphatic hydroxyl groups excluding tert-OH is 1. The van der Waals surface area contributed by atoms with E-state index in [1.165, 1.54) is 25.9 Å². The average molecular weight is 377 g/mol. The third-order valence-corrected chi connectivity index (χ3v) is 5.06. The van der Waals surface area contributed by atoms with Crippen LogP contribution in [0.3, 0.4) is 0 Å². The molecule has 0 aromatic heterocycles. The smallest absolute Gasteiger partial charge is 0.191 e. The van der Waals surface area contributed by atoms with Gasteiger partial charge < -0.3 is 25.4 Å². The zero-order valence-electron chi connectivity index (χ0n) is 17.1. The van der Waals surface area contributed by atoms with E-state index >= 15 is 0 Å². The number of hydrogen-bond donors (Lipinski definition) is 3. The minimum Gasteiger partial charge on any atom is -0.497 e. The van der Waals surface area contributed by atoms with Crippen molar-refractivity contribution in [3.8, 4) is 5.75 Å². The highest BCUT2D eigenvalue weighted by Gasteiger charge is 2.14. The number of piperidine rings is 1. The fraction of sp³-hybridized carbons (Fsp3) is 0.667. The van der Waals surface area contributed by atoms with Crippen LogP contribution < -0.4 is 15.4 Å². The third-order valence-electron chi connectivity index (χ3n) is 5.06. The number of nitrogens with one attached hydrogen (secondary N) is 2. The molecule has 1 aliphatic rings. The van der Waals surface area contributed by atoms with Gasteiger partial charge >= 0.3 is 0 Å². The molecule has 1 saturated heterocycles. The molecule has 2 rings (SSSR count). The van der Waals surface area contributed by atoms with E-state index in [-0.39, 0.29) is 0 Å². The molecule has 0 saturated carbocycles. The van der Waals surface area contributed by atoms with Crippen molar-refractivity contribution in [2.75, 3.05) is 46.4 Å². The van der Waals surface area contributed by atoms with Gasteiger partial charge in [-0.15, -0.1) is 0 Å². The normalized spacial score (nSPS) is 17.6. The van der Waals surface area contributed by atoms with E-state index in [2.05, 4.69) is 27.4 Å². The van der Waals surface area contributed by atoms with E-state index in [0.717, 1.165) is 49.2 Å². The lowest BCUT2D eigenvalue weighted by Crippen LogP contribution is -2.40. The van der Waals surface area contributed by atoms with Crippen molar-refractivity contribution in [3.05, 3.63) is 29.8 Å². The minimum absolute atomic E-state index is 0.312. The maximum Gasteiger partial charge on any atom is 0.191 e. The van der Waals surface area contributed by atoms with Gasteiger partial charge in [0.2, 0.25) is 0 Å². The Bertz CT molecular complexity index is 571. The molecule has 3 N–H and O–H groups in total. The highest BCUT2D eigenvalue weighted by Crippen LogP contribution is 2.19. The fourth-order valence-electron chi connectivity index (χ4n) is 3.27. The summed E-state index contributed by atoms with van der Waals surface area (Å²) >= 11 is 0. The van der Waals surface area contributed by atoms with Gasteiger partial charge in [-0.2, -0.15) is 0 Å². The number of hydrogen-bond acceptors (Lipinski definition) is 4. The van der Waals surface area contributed by atoms with Gasteiger partial charge in [-0.3, -0.25) is 4.99 Å². The van der Waals surface area contributed by atoms with Crippen LogP contribution >= 0.6 is 0 Å². The monoisotopic (exact) mass is 376 g/mol. The number of ether oxygens (including phenoxy) is 1. The molecular weight excluding hydrogens is 340 g/mol. The first-order valence-electron chi connectivity index (χ1n) is 10.2. The minimum atomic E-state index is -0.647. The number of aliphatic hydroxyl groups is 1. The molecule has 0 bridgehead atoms. The maximum atomic E-state index is 10.4. The molecule has 27 heavy (non-hydrogen) atoms. The first-order chi connectivity index (χ1) is 13.1. The fourth-order valence-corrected chi connectivity index (χ4v) is 3.27. The number of likely N-dealkylation sites (tertiary alicyclic amines) is 1. The van der Waals surface area contributed by atoms with E-state index in [4.69, 9.17) is 4.74 Å². The second-order valence-electron chi connectivity index (χ2n) is 7.32. The molecular formula is C21H36N4O2. The quantitative estimate of drug-likeness (QED) is 0.351. The van der Waals surface area contributed by atoms with Crippen LogP contribution in [0.5, 0.6) is 5.75 Å². The molecule has 1 heterocycles. The summed E-state index contributed by atoms with van der Waals surface area (Å²) in [6.07, 6.45) is 3.09. The Morgan fingerprint density at radius 1 is 1.33 bits per heavy atom. The van der Waals surface area contributed by atoms with Gasteiger partial charge in [0.1, 0.15) is 5.75 Å². The summed E-state index contributed by atoms with van der Waals surface area (Å²) in [5, 5.41) is 17.0. The number of benzene rings is 1. The summed E-state index contributed by atoms with van der Waals surface area (Å²) in [4.78, 5) is 7.08. The van der Waals surface area contributed by atoms with Crippen LogP contribution in [0.25, 0.3) is 0 Å². The van der Waals surface area contributed by atoms with E-state index in [1.54, 1.807) is 7.11 Å². The summed E-state index contributed by atoms with van der Waals surface area (Å²) in [5.74, 6) is 2.38. The Labute approximate surface area is 164 Å². The van der Waals surface area contributed by atoms with Crippen LogP contribution in [0.15, 0.2) is 29.3 Å². The number of guanidine groups is 1. The zero-order chi connectivity index (χ0) is 19.5. The molecule has 0 aliphatic carbocycles. The molecule has 0 amide bonds. The lowest BCUT2D eigenvalue weighted by atomic mass is 9.99. The second kappa shape index (κ2) is 11.8. The van der Waals surface area contributed by atoms with Gasteiger partial charge in [-0.05, 0) is 69.4 Å². The van der Waals surface area contributed by atoms with Crippen molar-refractivity contribution in [1.82, 2.24) is 15.5 Å². The lowest BCUT2D eigenvalue weighted by Gasteiger charge is -2.30. The van der Waals surface area contributed by atoms with Gasteiger partial charge in [0.15, 0.2) is 5.96 Å². The molecule has 6 nitrogen and oxygen atoms in total. The van der Waals surface area contributed by atoms with Crippen molar-refractivity contribution in [2.24, 2.45) is 10.9 Å². The van der Waals surface area contributed by atoms with Gasteiger partial charge in [-0.25, -0.2) is 0 Å². The van der Waals surface area contributed by atoms with E-state index < -0.39 is 6.10 Å². The topological polar surface area (TPSA) is 69.1 Å². The largest absolute Gasteiger partial charge is 0.497 e. The summed E-state index contributed by atoms with van der Waals surface area (Å²) < 4.78 is 5.21. The number of nitrogens with zero attached hydrogens (tertiary/aromatic N) is 2. The molecule has 152 valence electrons. The average Bonchev–Trinajstić information content (AvgIpc) is 2.70. The molecule has 1 fully saturated rings. The Morgan fingerprint density at radius 3 is 2.81 bits per heavy atom. The molecule has 1 aromatic rings. The van der Waals surface area contributed by atoms with E-state index in [9.17, 15) is 5.11 Å². The lowest BCUT2D eigenvalue weighted by molar-refractivity contribution is 0.186. The van der Waals surface area contributed by atoms with Crippen molar-refractivity contribution >= 4 is 5.96 Å². The predicted octanol–water partition coefficient (Wildman–Crippen LogP) is 2.41. The Morgan fingerprint density at radius 2 is 2.11 bits per heavy atom. The van der Waals surface area contributed by atoms with Crippen molar-refractivity contribution < 1.29 is 9.84 Å². The number of methoxy groups -OCH3 is 1. The standard InChI is InChI=1S/C21H36N4O2/c1-4-22-21(23-11-6-12-25-13-9-17(2)10-14-25)24-16-20(26)18-7-5-8-19(15-18)27-3/h5,7-8,15,17,20,26H,4,6,9-14,16H2,1-3H3,(H2,22,23,24). The van der Waals surface area contributed by atoms with E-state index in [1.807, 2.05) is 31.2 Å². The summed E-state index contributed by atoms with van der Waals surface area (Å²) in [5.41, 5.74) is 0.813. The van der Waals surface area contributed by atoms with Crippen molar-refractivity contribution in [2.45, 2.75) is 39.2 Å². The van der Waals surface area contributed by atoms with Gasteiger partial charge in [0, 0.05) is 13.1 Å². The van der Waals surface area contributed by atoms with Crippen LogP contribution in [0, 0.1) is 5.92 Å². The van der Waals surface area contributed by atoms with Gasteiger partial charge in [-0.1, -0.05) is 19.1 Å². The van der Waals surface area contributed by atoms with Crippen LogP contribution in [0.4, 0.5) is 0 Å². The molecule has 6 heteroatoms. The van der Waals surface area contributed by atoms with Crippen molar-refractivity contribution in [1.29, 1.82) is 0 Å². The number of rotatable bonds is 9. The van der Waals surface area contributed by atoms with Gasteiger partial charge in [0.25, 0.3) is 0 Å². The van der Waals surface area contributed by atoms with Gasteiger partial charge in [0.05, 0.1) is 19.8 Å². The zero-order valence-corrected chi connectivity index (χ0v) is 17.1. The Balaban J connectivity index is 1.75. The highest BCUT2D eigenvalue weighted by atomic mass is 16.5. The predicted molar refractivity (Wildman–Crippen MR) is 111 cm³/mol. The third kappa shape index (κ3) is 7.77. The van der Waals surface area contributed by atoms with Crippen LogP contribution in [0.1, 0.15) is 44.8 Å². The summed E-state index contributed by atoms with van der Waals surface area (Å²) in [6, 6.07) is 7.49. The number of aliphatic imine (C=N–C) groups is 1. The second-order valence-corrected chi connectivity index (χ2v) is 7.32. The maximum absolute atomic E-state index is 10.4. The van der Waals surface area contributed by atoms with E-state index in [0.29, 0.717) is 6.54 Å². The Kier molecular flexibility index (Phi) is 9.42. The van der Waals surface area contributed by atoms with Crippen LogP contribution in [-0.4, -0.2) is 62.3 Å². The first kappa shape index (κ1) is 21.5. The molecule has 1 aromatic carbocycles. The molecule has 0 spiro atoms. The first-order valence-corrected chi connectivity index (χ1v) is 10.2. The summed E-state index contributed by atoms with van der Waals surface area (Å²) in [7, 11) is 1.63. The summed E-state index contributed by atoms with van der Waals surface area (Å²) in [6.45, 7) is 9.96. The highest BCUT2D eigenvalue weighted by molar-refractivity contribution is 5.79.